The van der Waals surface area contributed by atoms with Crippen molar-refractivity contribution in [3.63, 3.8) is 0 Å². The standard InChI is InChI=1S/C18H23N5OS2/c1-13(2)4-9-17-19-15(11-25-17)12-26-18-20-21-22-23(18)10-14-5-7-16(24-3)8-6-14/h5-8,11,13H,4,9-10,12H2,1-3H3. The van der Waals surface area contributed by atoms with E-state index in [4.69, 9.17) is 9.72 Å². The number of benzene rings is 1. The number of thiazole rings is 1. The van der Waals surface area contributed by atoms with E-state index in [9.17, 15) is 0 Å². The summed E-state index contributed by atoms with van der Waals surface area (Å²) in [5, 5.41) is 16.2. The SMILES string of the molecule is COc1ccc(Cn2nnnc2SCc2csc(CCC(C)C)n2)cc1. The van der Waals surface area contributed by atoms with Gasteiger partial charge < -0.3 is 4.74 Å². The summed E-state index contributed by atoms with van der Waals surface area (Å²) in [4.78, 5) is 4.72. The highest BCUT2D eigenvalue weighted by Crippen LogP contribution is 2.23. The highest BCUT2D eigenvalue weighted by atomic mass is 32.2. The van der Waals surface area contributed by atoms with Gasteiger partial charge in [0.2, 0.25) is 5.16 Å². The summed E-state index contributed by atoms with van der Waals surface area (Å²) in [7, 11) is 1.66. The van der Waals surface area contributed by atoms with Gasteiger partial charge in [-0.15, -0.1) is 16.4 Å². The maximum absolute atomic E-state index is 5.19. The fourth-order valence-electron chi connectivity index (χ4n) is 2.38. The van der Waals surface area contributed by atoms with Gasteiger partial charge in [0.1, 0.15) is 5.75 Å². The van der Waals surface area contributed by atoms with Crippen LogP contribution in [0.1, 0.15) is 36.5 Å². The summed E-state index contributed by atoms with van der Waals surface area (Å²) in [6.45, 7) is 5.12. The van der Waals surface area contributed by atoms with Crippen molar-refractivity contribution in [1.82, 2.24) is 25.2 Å². The molecule has 0 fully saturated rings. The summed E-state index contributed by atoms with van der Waals surface area (Å²) < 4.78 is 7.01. The zero-order valence-electron chi connectivity index (χ0n) is 15.3. The molecule has 0 aliphatic heterocycles. The minimum absolute atomic E-state index is 0.635. The van der Waals surface area contributed by atoms with Crippen LogP contribution in [0.15, 0.2) is 34.8 Å². The maximum Gasteiger partial charge on any atom is 0.210 e. The quantitative estimate of drug-likeness (QED) is 0.514. The molecular formula is C18H23N5OS2. The second-order valence-corrected chi connectivity index (χ2v) is 8.31. The molecule has 0 unspecified atom stereocenters. The van der Waals surface area contributed by atoms with Crippen LogP contribution in [0.25, 0.3) is 0 Å². The summed E-state index contributed by atoms with van der Waals surface area (Å²) in [5.74, 6) is 2.33. The van der Waals surface area contributed by atoms with E-state index < -0.39 is 0 Å². The molecule has 0 saturated heterocycles. The van der Waals surface area contributed by atoms with Gasteiger partial charge in [0.15, 0.2) is 0 Å². The lowest BCUT2D eigenvalue weighted by Crippen LogP contribution is -2.04. The molecule has 0 atom stereocenters. The van der Waals surface area contributed by atoms with Gasteiger partial charge in [-0.3, -0.25) is 0 Å². The molecule has 3 rings (SSSR count). The Balaban J connectivity index is 1.57. The van der Waals surface area contributed by atoms with Crippen LogP contribution >= 0.6 is 23.1 Å². The first-order valence-electron chi connectivity index (χ1n) is 8.59. The Bertz CT molecular complexity index is 813. The van der Waals surface area contributed by atoms with Gasteiger partial charge in [-0.2, -0.15) is 0 Å². The molecule has 2 heterocycles. The number of aromatic nitrogens is 5. The maximum atomic E-state index is 5.19. The van der Waals surface area contributed by atoms with E-state index in [1.807, 2.05) is 28.9 Å². The van der Waals surface area contributed by atoms with E-state index in [-0.39, 0.29) is 0 Å². The zero-order valence-corrected chi connectivity index (χ0v) is 16.9. The van der Waals surface area contributed by atoms with Crippen LogP contribution in [-0.4, -0.2) is 32.3 Å². The van der Waals surface area contributed by atoms with E-state index in [1.165, 1.54) is 11.4 Å². The molecule has 0 radical (unpaired) electrons. The molecule has 6 nitrogen and oxygen atoms in total. The second kappa shape index (κ2) is 9.14. The van der Waals surface area contributed by atoms with Gasteiger partial charge in [-0.25, -0.2) is 9.67 Å². The average Bonchev–Trinajstić information content (AvgIpc) is 3.28. The molecule has 0 N–H and O–H groups in total. The number of methoxy groups -OCH3 is 1. The fourth-order valence-corrected chi connectivity index (χ4v) is 4.07. The van der Waals surface area contributed by atoms with Crippen molar-refractivity contribution in [2.45, 2.75) is 44.1 Å². The predicted molar refractivity (Wildman–Crippen MR) is 105 cm³/mol. The molecule has 0 saturated carbocycles. The molecular weight excluding hydrogens is 366 g/mol. The highest BCUT2D eigenvalue weighted by Gasteiger charge is 2.10. The topological polar surface area (TPSA) is 65.7 Å². The van der Waals surface area contributed by atoms with E-state index in [1.54, 1.807) is 30.2 Å². The fraction of sp³-hybridized carbons (Fsp3) is 0.444. The van der Waals surface area contributed by atoms with Crippen LogP contribution < -0.4 is 4.74 Å². The molecule has 1 aromatic carbocycles. The van der Waals surface area contributed by atoms with Gasteiger partial charge in [-0.1, -0.05) is 37.7 Å². The van der Waals surface area contributed by atoms with Gasteiger partial charge in [-0.05, 0) is 46.9 Å². The third-order valence-electron chi connectivity index (χ3n) is 3.87. The Morgan fingerprint density at radius 2 is 2.04 bits per heavy atom. The van der Waals surface area contributed by atoms with Crippen molar-refractivity contribution < 1.29 is 4.74 Å². The third kappa shape index (κ3) is 5.28. The molecule has 138 valence electrons. The van der Waals surface area contributed by atoms with Gasteiger partial charge in [0.05, 0.1) is 24.4 Å². The molecule has 0 aliphatic rings. The van der Waals surface area contributed by atoms with Crippen molar-refractivity contribution >= 4 is 23.1 Å². The molecule has 0 amide bonds. The lowest BCUT2D eigenvalue weighted by molar-refractivity contribution is 0.414. The number of hydrogen-bond donors (Lipinski definition) is 0. The number of hydrogen-bond acceptors (Lipinski definition) is 7. The smallest absolute Gasteiger partial charge is 0.210 e. The Morgan fingerprint density at radius 3 is 2.77 bits per heavy atom. The molecule has 2 aromatic heterocycles. The molecule has 0 bridgehead atoms. The lowest BCUT2D eigenvalue weighted by atomic mass is 10.1. The summed E-state index contributed by atoms with van der Waals surface area (Å²) in [6, 6.07) is 7.94. The Kier molecular flexibility index (Phi) is 6.62. The predicted octanol–water partition coefficient (Wildman–Crippen LogP) is 4.07. The minimum Gasteiger partial charge on any atom is -0.497 e. The first-order valence-corrected chi connectivity index (χ1v) is 10.5. The van der Waals surface area contributed by atoms with E-state index in [0.717, 1.165) is 34.3 Å². The van der Waals surface area contributed by atoms with Crippen molar-refractivity contribution in [1.29, 1.82) is 0 Å². The number of nitrogens with zero attached hydrogens (tertiary/aromatic N) is 5. The lowest BCUT2D eigenvalue weighted by Gasteiger charge is -2.05. The monoisotopic (exact) mass is 389 g/mol. The van der Waals surface area contributed by atoms with Crippen LogP contribution in [-0.2, 0) is 18.7 Å². The zero-order chi connectivity index (χ0) is 18.4. The number of tetrazole rings is 1. The van der Waals surface area contributed by atoms with Crippen LogP contribution in [0.5, 0.6) is 5.75 Å². The first kappa shape index (κ1) is 18.8. The molecule has 8 heteroatoms. The number of aryl methyl sites for hydroxylation is 1. The number of thioether (sulfide) groups is 1. The van der Waals surface area contributed by atoms with Crippen LogP contribution in [0, 0.1) is 5.92 Å². The molecule has 0 spiro atoms. The van der Waals surface area contributed by atoms with Crippen molar-refractivity contribution in [2.75, 3.05) is 7.11 Å². The average molecular weight is 390 g/mol. The van der Waals surface area contributed by atoms with Crippen molar-refractivity contribution in [2.24, 2.45) is 5.92 Å². The van der Waals surface area contributed by atoms with Crippen LogP contribution in [0.3, 0.4) is 0 Å². The first-order chi connectivity index (χ1) is 12.6. The minimum atomic E-state index is 0.635. The van der Waals surface area contributed by atoms with Crippen molar-refractivity contribution in [3.05, 3.63) is 45.9 Å². The third-order valence-corrected chi connectivity index (χ3v) is 5.82. The molecule has 3 aromatic rings. The number of rotatable bonds is 9. The van der Waals surface area contributed by atoms with Gasteiger partial charge >= 0.3 is 0 Å². The largest absolute Gasteiger partial charge is 0.497 e. The Labute approximate surface area is 162 Å². The molecule has 26 heavy (non-hydrogen) atoms. The second-order valence-electron chi connectivity index (χ2n) is 6.42. The molecule has 0 aliphatic carbocycles. The van der Waals surface area contributed by atoms with Gasteiger partial charge in [0, 0.05) is 11.1 Å². The van der Waals surface area contributed by atoms with Crippen molar-refractivity contribution in [3.8, 4) is 5.75 Å². The van der Waals surface area contributed by atoms with Crippen LogP contribution in [0.2, 0.25) is 0 Å². The summed E-state index contributed by atoms with van der Waals surface area (Å²) in [6.07, 6.45) is 2.24. The summed E-state index contributed by atoms with van der Waals surface area (Å²) >= 11 is 3.36. The van der Waals surface area contributed by atoms with Crippen LogP contribution in [0.4, 0.5) is 0 Å². The Morgan fingerprint density at radius 1 is 1.23 bits per heavy atom. The number of ether oxygens (including phenoxy) is 1. The summed E-state index contributed by atoms with van der Waals surface area (Å²) in [5.41, 5.74) is 2.22. The normalized spacial score (nSPS) is 11.2. The van der Waals surface area contributed by atoms with E-state index in [2.05, 4.69) is 34.8 Å². The van der Waals surface area contributed by atoms with Gasteiger partial charge in [0.25, 0.3) is 0 Å². The van der Waals surface area contributed by atoms with E-state index in [0.29, 0.717) is 12.5 Å². The highest BCUT2D eigenvalue weighted by molar-refractivity contribution is 7.98. The van der Waals surface area contributed by atoms with E-state index >= 15 is 0 Å². The Hall–Kier alpha value is -1.93.